The van der Waals surface area contributed by atoms with Crippen molar-refractivity contribution >= 4 is 35.3 Å². The molecule has 1 saturated heterocycles. The van der Waals surface area contributed by atoms with E-state index < -0.39 is 39.8 Å². The van der Waals surface area contributed by atoms with Crippen LogP contribution in [0.5, 0.6) is 11.5 Å². The first-order chi connectivity index (χ1) is 14.1. The molecule has 2 aromatic carbocycles. The van der Waals surface area contributed by atoms with Gasteiger partial charge in [-0.25, -0.2) is 9.69 Å². The van der Waals surface area contributed by atoms with Gasteiger partial charge in [0.15, 0.2) is 0 Å². The van der Waals surface area contributed by atoms with E-state index in [2.05, 4.69) is 5.32 Å². The van der Waals surface area contributed by atoms with Gasteiger partial charge < -0.3 is 9.84 Å². The zero-order valence-electron chi connectivity index (χ0n) is 16.2. The number of benzene rings is 2. The second-order valence-electron chi connectivity index (χ2n) is 6.55. The van der Waals surface area contributed by atoms with E-state index in [4.69, 9.17) is 4.74 Å². The Kier molecular flexibility index (Phi) is 5.24. The predicted octanol–water partition coefficient (Wildman–Crippen LogP) is 1.96. The number of rotatable bonds is 4. The van der Waals surface area contributed by atoms with Crippen LogP contribution >= 0.6 is 0 Å². The predicted molar refractivity (Wildman–Crippen MR) is 104 cm³/mol. The monoisotopic (exact) mass is 410 g/mol. The van der Waals surface area contributed by atoms with Crippen molar-refractivity contribution in [1.29, 1.82) is 0 Å². The summed E-state index contributed by atoms with van der Waals surface area (Å²) in [6.07, 6.45) is 1.06. The lowest BCUT2D eigenvalue weighted by Crippen LogP contribution is -2.54. The Bertz CT molecular complexity index is 1140. The number of imide groups is 2. The molecule has 2 aromatic rings. The van der Waals surface area contributed by atoms with Gasteiger partial charge in [-0.05, 0) is 54.8 Å². The zero-order valence-corrected chi connectivity index (χ0v) is 16.2. The number of barbiturate groups is 1. The number of aryl methyl sites for hydroxylation is 2. The van der Waals surface area contributed by atoms with E-state index >= 15 is 0 Å². The molecule has 0 atom stereocenters. The van der Waals surface area contributed by atoms with E-state index in [1.807, 2.05) is 13.8 Å². The van der Waals surface area contributed by atoms with Crippen LogP contribution in [-0.2, 0) is 9.59 Å². The van der Waals surface area contributed by atoms with Gasteiger partial charge in [-0.2, -0.15) is 0 Å². The van der Waals surface area contributed by atoms with Crippen molar-refractivity contribution in [2.45, 2.75) is 13.8 Å². The lowest BCUT2D eigenvalue weighted by atomic mass is 10.0. The first kappa shape index (κ1) is 20.5. The maximum atomic E-state index is 12.9. The maximum absolute atomic E-state index is 12.9. The van der Waals surface area contributed by atoms with Gasteiger partial charge in [0, 0.05) is 11.8 Å². The fourth-order valence-corrected chi connectivity index (χ4v) is 2.90. The Morgan fingerprint density at radius 1 is 1.10 bits per heavy atom. The molecule has 1 aliphatic heterocycles. The standard InChI is InChI=1S/C20H17N3O7/c1-10-4-5-13(6-11(10)2)22-19(26)14(18(25)21-20(22)27)7-12-8-15(23(28)29)17(24)16(9-12)30-3/h4-9,24H,1-3H3,(H,21,25,27)/p-1/b14-7+. The van der Waals surface area contributed by atoms with Gasteiger partial charge in [0.2, 0.25) is 0 Å². The summed E-state index contributed by atoms with van der Waals surface area (Å²) in [6.45, 7) is 3.68. The summed E-state index contributed by atoms with van der Waals surface area (Å²) in [7, 11) is 1.16. The fourth-order valence-electron chi connectivity index (χ4n) is 2.90. The minimum atomic E-state index is -0.960. The third-order valence-corrected chi connectivity index (χ3v) is 4.64. The van der Waals surface area contributed by atoms with Gasteiger partial charge in [-0.3, -0.25) is 25.0 Å². The Labute approximate surface area is 170 Å². The molecule has 0 bridgehead atoms. The van der Waals surface area contributed by atoms with Gasteiger partial charge in [-0.15, -0.1) is 0 Å². The quantitative estimate of drug-likeness (QED) is 0.351. The van der Waals surface area contributed by atoms with Crippen molar-refractivity contribution in [3.63, 3.8) is 0 Å². The van der Waals surface area contributed by atoms with Gasteiger partial charge in [0.1, 0.15) is 11.3 Å². The molecule has 0 aromatic heterocycles. The molecule has 0 radical (unpaired) electrons. The summed E-state index contributed by atoms with van der Waals surface area (Å²) < 4.78 is 4.85. The number of hydrogen-bond donors (Lipinski definition) is 1. The van der Waals surface area contributed by atoms with E-state index in [-0.39, 0.29) is 17.0 Å². The molecule has 10 nitrogen and oxygen atoms in total. The molecule has 0 saturated carbocycles. The number of nitro benzene ring substituents is 1. The summed E-state index contributed by atoms with van der Waals surface area (Å²) in [5.41, 5.74) is 0.868. The minimum absolute atomic E-state index is 0.0195. The molecule has 0 aliphatic carbocycles. The Morgan fingerprint density at radius 2 is 1.80 bits per heavy atom. The Morgan fingerprint density at radius 3 is 2.40 bits per heavy atom. The summed E-state index contributed by atoms with van der Waals surface area (Å²) >= 11 is 0. The number of nitro groups is 1. The number of ether oxygens (including phenoxy) is 1. The third kappa shape index (κ3) is 3.58. The van der Waals surface area contributed by atoms with E-state index in [9.17, 15) is 29.6 Å². The van der Waals surface area contributed by atoms with Gasteiger partial charge in [0.05, 0.1) is 17.7 Å². The maximum Gasteiger partial charge on any atom is 0.335 e. The summed E-state index contributed by atoms with van der Waals surface area (Å²) in [6, 6.07) is 6.10. The van der Waals surface area contributed by atoms with Gasteiger partial charge in [-0.1, -0.05) is 6.07 Å². The number of carbonyl (C=O) groups excluding carboxylic acids is 3. The summed E-state index contributed by atoms with van der Waals surface area (Å²) in [5.74, 6) is -3.12. The highest BCUT2D eigenvalue weighted by Gasteiger charge is 2.37. The van der Waals surface area contributed by atoms with Crippen molar-refractivity contribution < 1.29 is 29.2 Å². The molecule has 1 fully saturated rings. The smallest absolute Gasteiger partial charge is 0.335 e. The number of amides is 4. The topological polar surface area (TPSA) is 142 Å². The molecule has 0 unspecified atom stereocenters. The molecule has 1 N–H and O–H groups in total. The second-order valence-corrected chi connectivity index (χ2v) is 6.55. The number of methoxy groups -OCH3 is 1. The van der Waals surface area contributed by atoms with Crippen molar-refractivity contribution in [3.05, 3.63) is 62.7 Å². The first-order valence-corrected chi connectivity index (χ1v) is 8.66. The number of hydrogen-bond acceptors (Lipinski definition) is 7. The van der Waals surface area contributed by atoms with E-state index in [0.29, 0.717) is 0 Å². The van der Waals surface area contributed by atoms with E-state index in [1.165, 1.54) is 6.07 Å². The molecule has 3 rings (SSSR count). The normalized spacial score (nSPS) is 15.4. The van der Waals surface area contributed by atoms with E-state index in [1.54, 1.807) is 18.2 Å². The Hall–Kier alpha value is -4.21. The van der Waals surface area contributed by atoms with E-state index in [0.717, 1.165) is 35.3 Å². The molecule has 10 heteroatoms. The number of carbonyl (C=O) groups is 3. The van der Waals surface area contributed by atoms with Gasteiger partial charge in [0.25, 0.3) is 17.5 Å². The summed E-state index contributed by atoms with van der Waals surface area (Å²) in [4.78, 5) is 48.6. The van der Waals surface area contributed by atoms with Crippen LogP contribution < -0.4 is 20.1 Å². The van der Waals surface area contributed by atoms with Crippen LogP contribution in [0.2, 0.25) is 0 Å². The van der Waals surface area contributed by atoms with Crippen LogP contribution in [0.15, 0.2) is 35.9 Å². The molecule has 4 amide bonds. The van der Waals surface area contributed by atoms with Gasteiger partial charge >= 0.3 is 6.03 Å². The van der Waals surface area contributed by atoms with Crippen LogP contribution in [-0.4, -0.2) is 29.9 Å². The van der Waals surface area contributed by atoms with Crippen molar-refractivity contribution in [1.82, 2.24) is 5.32 Å². The van der Waals surface area contributed by atoms with Crippen LogP contribution in [0.3, 0.4) is 0 Å². The highest BCUT2D eigenvalue weighted by molar-refractivity contribution is 6.39. The molecule has 1 aliphatic rings. The highest BCUT2D eigenvalue weighted by Crippen LogP contribution is 2.35. The molecule has 30 heavy (non-hydrogen) atoms. The van der Waals surface area contributed by atoms with Crippen LogP contribution in [0.1, 0.15) is 16.7 Å². The second kappa shape index (κ2) is 7.66. The van der Waals surface area contributed by atoms with Crippen LogP contribution in [0, 0.1) is 24.0 Å². The van der Waals surface area contributed by atoms with Crippen LogP contribution in [0.4, 0.5) is 16.2 Å². The number of nitrogens with zero attached hydrogens (tertiary/aromatic N) is 2. The lowest BCUT2D eigenvalue weighted by molar-refractivity contribution is -0.398. The first-order valence-electron chi connectivity index (χ1n) is 8.66. The van der Waals surface area contributed by atoms with Crippen molar-refractivity contribution in [2.24, 2.45) is 0 Å². The molecule has 154 valence electrons. The Balaban J connectivity index is 2.10. The number of anilines is 1. The minimum Gasteiger partial charge on any atom is -0.865 e. The lowest BCUT2D eigenvalue weighted by Gasteiger charge is -2.27. The zero-order chi connectivity index (χ0) is 22.2. The third-order valence-electron chi connectivity index (χ3n) is 4.64. The summed E-state index contributed by atoms with van der Waals surface area (Å²) in [5, 5.41) is 25.2. The SMILES string of the molecule is COc1cc(/C=C2\C(=O)NC(=O)N(c3ccc(C)c(C)c3)C2=O)cc([N+](=O)[O-])c1[O-]. The highest BCUT2D eigenvalue weighted by atomic mass is 16.6. The number of urea groups is 1. The molecular weight excluding hydrogens is 394 g/mol. The number of nitrogens with one attached hydrogen (secondary N) is 1. The van der Waals surface area contributed by atoms with Crippen molar-refractivity contribution in [2.75, 3.05) is 12.0 Å². The van der Waals surface area contributed by atoms with Crippen LogP contribution in [0.25, 0.3) is 6.08 Å². The molecule has 1 heterocycles. The fraction of sp³-hybridized carbons (Fsp3) is 0.150. The van der Waals surface area contributed by atoms with Crippen molar-refractivity contribution in [3.8, 4) is 11.5 Å². The largest absolute Gasteiger partial charge is 0.865 e. The average molecular weight is 410 g/mol. The molecular formula is C20H16N3O7-. The molecule has 0 spiro atoms. The average Bonchev–Trinajstić information content (AvgIpc) is 2.68.